The van der Waals surface area contributed by atoms with Crippen LogP contribution in [0.1, 0.15) is 122 Å². The van der Waals surface area contributed by atoms with Gasteiger partial charge in [0.05, 0.1) is 19.6 Å². The van der Waals surface area contributed by atoms with Crippen LogP contribution in [0.4, 0.5) is 4.79 Å². The van der Waals surface area contributed by atoms with Crippen molar-refractivity contribution in [2.75, 3.05) is 6.61 Å². The van der Waals surface area contributed by atoms with Gasteiger partial charge in [-0.1, -0.05) is 95.3 Å². The minimum absolute atomic E-state index is 0.209. The summed E-state index contributed by atoms with van der Waals surface area (Å²) in [5, 5.41) is 12.5. The number of ether oxygens (including phenoxy) is 2. The van der Waals surface area contributed by atoms with E-state index >= 15 is 0 Å². The van der Waals surface area contributed by atoms with Crippen molar-refractivity contribution < 1.29 is 31.0 Å². The molecule has 1 rings (SSSR count). The van der Waals surface area contributed by atoms with E-state index in [1.54, 1.807) is 39.0 Å². The molecular weight excluding hydrogens is 454 g/mol. The molecule has 204 valence electrons. The fraction of sp³-hybridized carbons (Fsp3) is 0.667. The van der Waals surface area contributed by atoms with Crippen LogP contribution >= 0.6 is 0 Å². The molecule has 36 heavy (non-hydrogen) atoms. The van der Waals surface area contributed by atoms with Gasteiger partial charge in [0.15, 0.2) is 0 Å². The lowest BCUT2D eigenvalue weighted by Crippen LogP contribution is -2.48. The van der Waals surface area contributed by atoms with Crippen molar-refractivity contribution >= 4 is 12.1 Å². The fourth-order valence-corrected chi connectivity index (χ4v) is 3.34. The first-order valence-electron chi connectivity index (χ1n) is 15.8. The van der Waals surface area contributed by atoms with Crippen LogP contribution < -0.4 is 5.32 Å². The Labute approximate surface area is 225 Å². The van der Waals surface area contributed by atoms with E-state index < -0.39 is 68.1 Å². The molecule has 0 fully saturated rings. The van der Waals surface area contributed by atoms with Crippen LogP contribution in [0.2, 0.25) is 0 Å². The van der Waals surface area contributed by atoms with Crippen molar-refractivity contribution in [2.45, 2.75) is 122 Å². The molecule has 0 aromatic heterocycles. The molecular formula is C30H49NO5. The Morgan fingerprint density at radius 2 is 1.67 bits per heavy atom. The number of aliphatic hydroxyl groups is 1. The maximum absolute atomic E-state index is 12.8. The molecule has 0 aliphatic heterocycles. The van der Waals surface area contributed by atoms with Crippen LogP contribution in [0.5, 0.6) is 0 Å². The van der Waals surface area contributed by atoms with Crippen molar-refractivity contribution in [1.29, 1.82) is 0 Å². The molecule has 1 aromatic carbocycles. The second-order valence-corrected chi connectivity index (χ2v) is 9.70. The lowest BCUT2D eigenvalue weighted by Gasteiger charge is -2.26. The van der Waals surface area contributed by atoms with Crippen LogP contribution in [-0.2, 0) is 9.47 Å². The monoisotopic (exact) mass is 508 g/mol. The van der Waals surface area contributed by atoms with Gasteiger partial charge in [-0.3, -0.25) is 0 Å². The molecule has 0 heterocycles. The Morgan fingerprint density at radius 1 is 1.03 bits per heavy atom. The number of hydrogen-bond acceptors (Lipinski definition) is 5. The summed E-state index contributed by atoms with van der Waals surface area (Å²) >= 11 is 0. The molecule has 4 unspecified atom stereocenters. The normalized spacial score (nSPS) is 19.1. The predicted octanol–water partition coefficient (Wildman–Crippen LogP) is 7.35. The third-order valence-corrected chi connectivity index (χ3v) is 5.22. The number of benzene rings is 1. The Morgan fingerprint density at radius 3 is 2.28 bits per heavy atom. The number of carbonyl (C=O) groups is 2. The largest absolute Gasteiger partial charge is 0.452 e. The maximum atomic E-state index is 12.8. The molecule has 2 N–H and O–H groups in total. The van der Waals surface area contributed by atoms with E-state index in [-0.39, 0.29) is 5.56 Å². The summed E-state index contributed by atoms with van der Waals surface area (Å²) in [6.45, 7) is 6.49. The second-order valence-electron chi connectivity index (χ2n) is 9.70. The molecule has 1 amide bonds. The summed E-state index contributed by atoms with van der Waals surface area (Å²) in [6.07, 6.45) is 1.92. The van der Waals surface area contributed by atoms with Gasteiger partial charge < -0.3 is 19.9 Å². The van der Waals surface area contributed by atoms with Gasteiger partial charge in [0, 0.05) is 5.48 Å². The molecule has 0 radical (unpaired) electrons. The van der Waals surface area contributed by atoms with E-state index in [1.165, 1.54) is 31.4 Å². The maximum Gasteiger partial charge on any atom is 0.408 e. The van der Waals surface area contributed by atoms with Gasteiger partial charge in [0.1, 0.15) is 11.7 Å². The number of amides is 1. The quantitative estimate of drug-likeness (QED) is 0.123. The summed E-state index contributed by atoms with van der Waals surface area (Å²) in [5.74, 6) is -0.771. The standard InChI is InChI=1S/C30H49NO5/c1-5-6-7-8-9-10-11-12-13-14-15-16-20-23-27(35-28(33)25-21-18-17-19-22-25)26(24-32)31-29(34)36-30(2,3)4/h17-23,26-27,32H,5-16,24H2,1-4H3,(H,31,34)/b23-20+/t26-,27+/m0/s1/i13D,14D,15D,16D,20D/t13?,14?,15?,16?,26-,27+. The minimum atomic E-state index is -1.50. The molecule has 0 bridgehead atoms. The zero-order valence-corrected chi connectivity index (χ0v) is 22.4. The molecule has 6 atom stereocenters. The van der Waals surface area contributed by atoms with Crippen LogP contribution in [-0.4, -0.2) is 41.5 Å². The van der Waals surface area contributed by atoms with Crippen molar-refractivity contribution in [3.8, 4) is 0 Å². The van der Waals surface area contributed by atoms with Gasteiger partial charge >= 0.3 is 12.1 Å². The first kappa shape index (κ1) is 24.0. The van der Waals surface area contributed by atoms with E-state index in [0.29, 0.717) is 6.42 Å². The third-order valence-electron chi connectivity index (χ3n) is 5.22. The zero-order chi connectivity index (χ0) is 31.0. The molecule has 6 heteroatoms. The summed E-state index contributed by atoms with van der Waals surface area (Å²) in [7, 11) is 0. The molecule has 0 aliphatic carbocycles. The summed E-state index contributed by atoms with van der Waals surface area (Å²) < 4.78 is 52.8. The number of alkyl carbamates (subject to hydrolysis) is 1. The summed E-state index contributed by atoms with van der Waals surface area (Å²) in [5.41, 5.74) is -0.618. The lowest BCUT2D eigenvalue weighted by atomic mass is 10.0. The average Bonchev–Trinajstić information content (AvgIpc) is 2.93. The molecule has 0 saturated carbocycles. The van der Waals surface area contributed by atoms with Gasteiger partial charge in [-0.15, -0.1) is 0 Å². The Hall–Kier alpha value is -2.34. The summed E-state index contributed by atoms with van der Waals surface area (Å²) in [6, 6.07) is 6.43. The van der Waals surface area contributed by atoms with Crippen molar-refractivity contribution in [2.24, 2.45) is 0 Å². The third kappa shape index (κ3) is 15.6. The number of unbranched alkanes of at least 4 members (excludes halogenated alkanes) is 6. The number of allylic oxidation sites excluding steroid dienone is 1. The highest BCUT2D eigenvalue weighted by atomic mass is 16.6. The van der Waals surface area contributed by atoms with Crippen molar-refractivity contribution in [3.05, 3.63) is 48.0 Å². The van der Waals surface area contributed by atoms with Crippen LogP contribution in [0.25, 0.3) is 0 Å². The SMILES string of the molecule is [2H]/C(=C\[C@@H](OC(=O)c1ccccc1)[C@H](CO)NC(=O)OC(C)(C)C)C([2H])C([2H])C([2H])C([2H])CCCCCCCCC. The van der Waals surface area contributed by atoms with Crippen LogP contribution in [0.15, 0.2) is 42.5 Å². The van der Waals surface area contributed by atoms with E-state index in [9.17, 15) is 14.7 Å². The number of rotatable bonds is 18. The second kappa shape index (κ2) is 18.9. The van der Waals surface area contributed by atoms with E-state index in [4.69, 9.17) is 16.3 Å². The van der Waals surface area contributed by atoms with Gasteiger partial charge in [-0.25, -0.2) is 9.59 Å². The fourth-order valence-electron chi connectivity index (χ4n) is 3.34. The highest BCUT2D eigenvalue weighted by Gasteiger charge is 2.27. The van der Waals surface area contributed by atoms with Gasteiger partial charge in [0.25, 0.3) is 0 Å². The lowest BCUT2D eigenvalue weighted by molar-refractivity contribution is 0.0181. The van der Waals surface area contributed by atoms with E-state index in [1.807, 2.05) is 0 Å². The highest BCUT2D eigenvalue weighted by Crippen LogP contribution is 2.14. The Balaban J connectivity index is 2.98. The topological polar surface area (TPSA) is 84.9 Å². The molecule has 0 aliphatic rings. The number of hydrogen-bond donors (Lipinski definition) is 2. The van der Waals surface area contributed by atoms with Crippen molar-refractivity contribution in [1.82, 2.24) is 5.32 Å². The van der Waals surface area contributed by atoms with Crippen molar-refractivity contribution in [3.63, 3.8) is 0 Å². The van der Waals surface area contributed by atoms with Gasteiger partial charge in [-0.05, 0) is 51.8 Å². The highest BCUT2D eigenvalue weighted by molar-refractivity contribution is 5.89. The molecule has 1 aromatic rings. The van der Waals surface area contributed by atoms with Crippen LogP contribution in [0, 0.1) is 0 Å². The van der Waals surface area contributed by atoms with Gasteiger partial charge in [0.2, 0.25) is 0 Å². The summed E-state index contributed by atoms with van der Waals surface area (Å²) in [4.78, 5) is 25.2. The zero-order valence-electron chi connectivity index (χ0n) is 27.4. The first-order chi connectivity index (χ1) is 19.3. The predicted molar refractivity (Wildman–Crippen MR) is 146 cm³/mol. The van der Waals surface area contributed by atoms with E-state index in [2.05, 4.69) is 12.2 Å². The Bertz CT molecular complexity index is 928. The molecule has 0 spiro atoms. The number of esters is 1. The Kier molecular flexibility index (Phi) is 12.6. The van der Waals surface area contributed by atoms with E-state index in [0.717, 1.165) is 31.8 Å². The first-order valence-corrected chi connectivity index (χ1v) is 13.0. The molecule has 0 saturated heterocycles. The number of nitrogens with one attached hydrogen (secondary N) is 1. The minimum Gasteiger partial charge on any atom is -0.452 e. The van der Waals surface area contributed by atoms with Gasteiger partial charge in [-0.2, -0.15) is 0 Å². The van der Waals surface area contributed by atoms with Crippen LogP contribution in [0.3, 0.4) is 0 Å². The smallest absolute Gasteiger partial charge is 0.408 e. The average molecular weight is 509 g/mol. The number of carbonyl (C=O) groups excluding carboxylic acids is 2. The number of aliphatic hydroxyl groups excluding tert-OH is 1. The molecule has 6 nitrogen and oxygen atoms in total.